The molecule has 1 aromatic heterocycles. The topological polar surface area (TPSA) is 51.7 Å². The van der Waals surface area contributed by atoms with Crippen LogP contribution in [0.1, 0.15) is 38.4 Å². The summed E-state index contributed by atoms with van der Waals surface area (Å²) in [4.78, 5) is 18.3. The van der Waals surface area contributed by atoms with Gasteiger partial charge in [0.1, 0.15) is 5.60 Å². The molecule has 1 aliphatic rings. The smallest absolute Gasteiger partial charge is 0.410 e. The molecule has 0 aromatic carbocycles. The van der Waals surface area contributed by atoms with Gasteiger partial charge >= 0.3 is 6.09 Å². The van der Waals surface area contributed by atoms with Gasteiger partial charge in [-0.3, -0.25) is 0 Å². The maximum Gasteiger partial charge on any atom is 0.410 e. The summed E-state index contributed by atoms with van der Waals surface area (Å²) in [6.45, 7) is 9.10. The summed E-state index contributed by atoms with van der Waals surface area (Å²) < 4.78 is 10.8. The minimum absolute atomic E-state index is 0.219. The van der Waals surface area contributed by atoms with Crippen LogP contribution in [0.3, 0.4) is 0 Å². The monoisotopic (exact) mass is 306 g/mol. The van der Waals surface area contributed by atoms with Crippen molar-refractivity contribution in [3.05, 3.63) is 23.4 Å². The first-order valence-electron chi connectivity index (χ1n) is 7.77. The van der Waals surface area contributed by atoms with E-state index in [1.807, 2.05) is 33.8 Å². The lowest BCUT2D eigenvalue weighted by Crippen LogP contribution is -2.35. The molecule has 0 N–H and O–H groups in total. The predicted octanol–water partition coefficient (Wildman–Crippen LogP) is 3.20. The Morgan fingerprint density at radius 3 is 2.77 bits per heavy atom. The van der Waals surface area contributed by atoms with Gasteiger partial charge in [0, 0.05) is 24.3 Å². The second kappa shape index (κ2) is 6.55. The Morgan fingerprint density at radius 2 is 2.14 bits per heavy atom. The summed E-state index contributed by atoms with van der Waals surface area (Å²) in [5, 5.41) is 0. The van der Waals surface area contributed by atoms with Crippen molar-refractivity contribution in [2.45, 2.75) is 46.1 Å². The van der Waals surface area contributed by atoms with Crippen LogP contribution in [0.25, 0.3) is 0 Å². The van der Waals surface area contributed by atoms with Crippen LogP contribution in [0.4, 0.5) is 4.79 Å². The standard InChI is InChI=1S/C17H26N2O3/c1-12-6-7-14(15(18-12)21-5)10-13-8-9-19(11-13)16(20)22-17(2,3)4/h6-7,13H,8-11H2,1-5H3. The normalized spacial score (nSPS) is 18.4. The Kier molecular flexibility index (Phi) is 4.94. The van der Waals surface area contributed by atoms with E-state index < -0.39 is 5.60 Å². The molecule has 2 heterocycles. The number of ether oxygens (including phenoxy) is 2. The minimum atomic E-state index is -0.445. The van der Waals surface area contributed by atoms with E-state index in [9.17, 15) is 4.79 Å². The quantitative estimate of drug-likeness (QED) is 0.860. The highest BCUT2D eigenvalue weighted by molar-refractivity contribution is 5.68. The van der Waals surface area contributed by atoms with Crippen molar-refractivity contribution in [3.8, 4) is 5.88 Å². The molecular weight excluding hydrogens is 280 g/mol. The lowest BCUT2D eigenvalue weighted by atomic mass is 9.99. The largest absolute Gasteiger partial charge is 0.481 e. The number of amides is 1. The maximum atomic E-state index is 12.1. The Balaban J connectivity index is 1.95. The third-order valence-electron chi connectivity index (χ3n) is 3.72. The van der Waals surface area contributed by atoms with Gasteiger partial charge in [-0.05, 0) is 52.5 Å². The van der Waals surface area contributed by atoms with Gasteiger partial charge in [-0.25, -0.2) is 9.78 Å². The average molecular weight is 306 g/mol. The van der Waals surface area contributed by atoms with Crippen molar-refractivity contribution >= 4 is 6.09 Å². The molecule has 22 heavy (non-hydrogen) atoms. The van der Waals surface area contributed by atoms with Gasteiger partial charge in [-0.2, -0.15) is 0 Å². The summed E-state index contributed by atoms with van der Waals surface area (Å²) in [7, 11) is 1.65. The van der Waals surface area contributed by atoms with Crippen molar-refractivity contribution in [1.29, 1.82) is 0 Å². The number of carbonyl (C=O) groups excluding carboxylic acids is 1. The molecule has 1 aliphatic heterocycles. The first kappa shape index (κ1) is 16.6. The van der Waals surface area contributed by atoms with Crippen LogP contribution in [-0.2, 0) is 11.2 Å². The molecule has 5 nitrogen and oxygen atoms in total. The SMILES string of the molecule is COc1nc(C)ccc1CC1CCN(C(=O)OC(C)(C)C)C1. The molecule has 2 rings (SSSR count). The third-order valence-corrected chi connectivity index (χ3v) is 3.72. The molecule has 5 heteroatoms. The maximum absolute atomic E-state index is 12.1. The molecule has 0 radical (unpaired) electrons. The zero-order valence-electron chi connectivity index (χ0n) is 14.2. The first-order valence-corrected chi connectivity index (χ1v) is 7.77. The van der Waals surface area contributed by atoms with Crippen LogP contribution in [0, 0.1) is 12.8 Å². The van der Waals surface area contributed by atoms with E-state index in [-0.39, 0.29) is 6.09 Å². The van der Waals surface area contributed by atoms with Gasteiger partial charge < -0.3 is 14.4 Å². The first-order chi connectivity index (χ1) is 10.3. The van der Waals surface area contributed by atoms with E-state index in [1.54, 1.807) is 12.0 Å². The number of methoxy groups -OCH3 is 1. The number of carbonyl (C=O) groups is 1. The number of hydrogen-bond acceptors (Lipinski definition) is 4. The van der Waals surface area contributed by atoms with Crippen LogP contribution in [-0.4, -0.2) is 41.8 Å². The van der Waals surface area contributed by atoms with Crippen LogP contribution in [0.5, 0.6) is 5.88 Å². The number of pyridine rings is 1. The Bertz CT molecular complexity index is 537. The Morgan fingerprint density at radius 1 is 1.41 bits per heavy atom. The molecule has 122 valence electrons. The molecule has 0 bridgehead atoms. The number of aryl methyl sites for hydroxylation is 1. The van der Waals surface area contributed by atoms with Crippen molar-refractivity contribution in [2.24, 2.45) is 5.92 Å². The number of hydrogen-bond donors (Lipinski definition) is 0. The molecule has 1 atom stereocenters. The van der Waals surface area contributed by atoms with Crippen molar-refractivity contribution in [3.63, 3.8) is 0 Å². The third kappa shape index (κ3) is 4.36. The molecule has 1 amide bonds. The Hall–Kier alpha value is -1.78. The molecule has 1 fully saturated rings. The van der Waals surface area contributed by atoms with Gasteiger partial charge in [0.05, 0.1) is 7.11 Å². The van der Waals surface area contributed by atoms with Crippen LogP contribution in [0.2, 0.25) is 0 Å². The molecule has 1 saturated heterocycles. The number of likely N-dealkylation sites (tertiary alicyclic amines) is 1. The van der Waals surface area contributed by atoms with E-state index >= 15 is 0 Å². The summed E-state index contributed by atoms with van der Waals surface area (Å²) in [5.41, 5.74) is 1.60. The minimum Gasteiger partial charge on any atom is -0.481 e. The van der Waals surface area contributed by atoms with E-state index in [1.165, 1.54) is 0 Å². The summed E-state index contributed by atoms with van der Waals surface area (Å²) >= 11 is 0. The van der Waals surface area contributed by atoms with Gasteiger partial charge in [-0.15, -0.1) is 0 Å². The van der Waals surface area contributed by atoms with E-state index in [0.29, 0.717) is 11.8 Å². The highest BCUT2D eigenvalue weighted by atomic mass is 16.6. The van der Waals surface area contributed by atoms with Gasteiger partial charge in [-0.1, -0.05) is 6.07 Å². The second-order valence-electron chi connectivity index (χ2n) is 6.91. The molecule has 1 unspecified atom stereocenters. The van der Waals surface area contributed by atoms with Crippen LogP contribution in [0.15, 0.2) is 12.1 Å². The predicted molar refractivity (Wildman–Crippen MR) is 85.1 cm³/mol. The molecule has 1 aromatic rings. The lowest BCUT2D eigenvalue weighted by molar-refractivity contribution is 0.0288. The number of nitrogens with zero attached hydrogens (tertiary/aromatic N) is 2. The summed E-state index contributed by atoms with van der Waals surface area (Å²) in [6.07, 6.45) is 1.63. The fourth-order valence-corrected chi connectivity index (χ4v) is 2.70. The van der Waals surface area contributed by atoms with Gasteiger partial charge in [0.25, 0.3) is 0 Å². The van der Waals surface area contributed by atoms with E-state index in [4.69, 9.17) is 9.47 Å². The zero-order valence-corrected chi connectivity index (χ0v) is 14.2. The number of aromatic nitrogens is 1. The van der Waals surface area contributed by atoms with E-state index in [0.717, 1.165) is 37.2 Å². The molecule has 0 saturated carbocycles. The fraction of sp³-hybridized carbons (Fsp3) is 0.647. The highest BCUT2D eigenvalue weighted by Crippen LogP contribution is 2.26. The average Bonchev–Trinajstić information content (AvgIpc) is 2.87. The van der Waals surface area contributed by atoms with Gasteiger partial charge in [0.2, 0.25) is 5.88 Å². The van der Waals surface area contributed by atoms with Crippen molar-refractivity contribution < 1.29 is 14.3 Å². The van der Waals surface area contributed by atoms with Crippen molar-refractivity contribution in [2.75, 3.05) is 20.2 Å². The summed E-state index contributed by atoms with van der Waals surface area (Å²) in [6, 6.07) is 4.07. The lowest BCUT2D eigenvalue weighted by Gasteiger charge is -2.24. The second-order valence-corrected chi connectivity index (χ2v) is 6.91. The fourth-order valence-electron chi connectivity index (χ4n) is 2.70. The van der Waals surface area contributed by atoms with E-state index in [2.05, 4.69) is 11.1 Å². The van der Waals surface area contributed by atoms with Crippen LogP contribution >= 0.6 is 0 Å². The zero-order chi connectivity index (χ0) is 16.3. The highest BCUT2D eigenvalue weighted by Gasteiger charge is 2.30. The molecule has 0 spiro atoms. The number of rotatable bonds is 3. The van der Waals surface area contributed by atoms with Gasteiger partial charge in [0.15, 0.2) is 0 Å². The van der Waals surface area contributed by atoms with Crippen molar-refractivity contribution in [1.82, 2.24) is 9.88 Å². The van der Waals surface area contributed by atoms with Crippen LogP contribution < -0.4 is 4.74 Å². The molecule has 0 aliphatic carbocycles. The summed E-state index contributed by atoms with van der Waals surface area (Å²) in [5.74, 6) is 1.11. The molecular formula is C17H26N2O3. The Labute approximate surface area is 132 Å².